The van der Waals surface area contributed by atoms with Gasteiger partial charge in [0.05, 0.1) is 12.8 Å². The van der Waals surface area contributed by atoms with E-state index in [1.54, 1.807) is 7.11 Å². The van der Waals surface area contributed by atoms with E-state index in [4.69, 9.17) is 10.6 Å². The number of rotatable bonds is 2. The van der Waals surface area contributed by atoms with Crippen LogP contribution < -0.4 is 16.0 Å². The number of para-hydroxylation sites is 2. The van der Waals surface area contributed by atoms with Crippen molar-refractivity contribution in [2.45, 2.75) is 0 Å². The third-order valence-corrected chi connectivity index (χ3v) is 1.26. The van der Waals surface area contributed by atoms with Crippen molar-refractivity contribution >= 4 is 22.7 Å². The van der Waals surface area contributed by atoms with Crippen LogP contribution in [-0.4, -0.2) is 7.11 Å². The van der Waals surface area contributed by atoms with Gasteiger partial charge in [0, 0.05) is 0 Å². The highest BCUT2D eigenvalue weighted by atomic mass is 79.9. The van der Waals surface area contributed by atoms with Gasteiger partial charge in [-0.3, -0.25) is 5.84 Å². The fraction of sp³-hybridized carbons (Fsp3) is 0.143. The van der Waals surface area contributed by atoms with Gasteiger partial charge in [-0.15, -0.1) is 17.0 Å². The Labute approximate surface area is 76.3 Å². The summed E-state index contributed by atoms with van der Waals surface area (Å²) < 4.78 is 4.99. The van der Waals surface area contributed by atoms with E-state index in [2.05, 4.69) is 5.43 Å². The van der Waals surface area contributed by atoms with Crippen LogP contribution in [0.5, 0.6) is 5.75 Å². The molecule has 0 heterocycles. The molecule has 0 bridgehead atoms. The first-order valence-electron chi connectivity index (χ1n) is 2.98. The van der Waals surface area contributed by atoms with E-state index >= 15 is 0 Å². The van der Waals surface area contributed by atoms with Crippen molar-refractivity contribution < 1.29 is 4.74 Å². The van der Waals surface area contributed by atoms with Crippen LogP contribution in [0.4, 0.5) is 5.69 Å². The molecule has 0 saturated heterocycles. The normalized spacial score (nSPS) is 8.18. The first-order valence-corrected chi connectivity index (χ1v) is 2.98. The van der Waals surface area contributed by atoms with Crippen LogP contribution in [0.3, 0.4) is 0 Å². The molecule has 0 atom stereocenters. The first kappa shape index (κ1) is 10.3. The van der Waals surface area contributed by atoms with Crippen molar-refractivity contribution in [3.05, 3.63) is 24.3 Å². The minimum absolute atomic E-state index is 0. The minimum Gasteiger partial charge on any atom is -0.495 e. The molecule has 0 radical (unpaired) electrons. The zero-order valence-corrected chi connectivity index (χ0v) is 7.92. The molecule has 0 spiro atoms. The van der Waals surface area contributed by atoms with Gasteiger partial charge in [0.2, 0.25) is 0 Å². The molecule has 0 saturated carbocycles. The summed E-state index contributed by atoms with van der Waals surface area (Å²) in [7, 11) is 1.61. The maximum Gasteiger partial charge on any atom is 0.143 e. The van der Waals surface area contributed by atoms with Gasteiger partial charge in [0.25, 0.3) is 0 Å². The van der Waals surface area contributed by atoms with Crippen LogP contribution in [-0.2, 0) is 0 Å². The summed E-state index contributed by atoms with van der Waals surface area (Å²) in [6, 6.07) is 7.46. The summed E-state index contributed by atoms with van der Waals surface area (Å²) in [5, 5.41) is 0. The second-order valence-electron chi connectivity index (χ2n) is 1.84. The van der Waals surface area contributed by atoms with Gasteiger partial charge in [-0.2, -0.15) is 0 Å². The molecule has 1 aromatic rings. The predicted octanol–water partition coefficient (Wildman–Crippen LogP) is 1.56. The summed E-state index contributed by atoms with van der Waals surface area (Å²) in [5.74, 6) is 5.95. The van der Waals surface area contributed by atoms with Gasteiger partial charge in [0.1, 0.15) is 5.75 Å². The largest absolute Gasteiger partial charge is 0.495 e. The SMILES string of the molecule is Br.COc1ccccc1NN. The molecule has 1 rings (SSSR count). The first-order chi connectivity index (χ1) is 4.88. The van der Waals surface area contributed by atoms with Crippen LogP contribution in [0.25, 0.3) is 0 Å². The number of hydrogen-bond acceptors (Lipinski definition) is 3. The Hall–Kier alpha value is -0.740. The molecule has 3 nitrogen and oxygen atoms in total. The molecule has 0 fully saturated rings. The average molecular weight is 219 g/mol. The van der Waals surface area contributed by atoms with Gasteiger partial charge in [-0.1, -0.05) is 12.1 Å². The number of hydrazine groups is 1. The van der Waals surface area contributed by atoms with Crippen LogP contribution in [0.2, 0.25) is 0 Å². The molecule has 0 aliphatic heterocycles. The Morgan fingerprint density at radius 3 is 2.45 bits per heavy atom. The van der Waals surface area contributed by atoms with Gasteiger partial charge >= 0.3 is 0 Å². The predicted molar refractivity (Wildman–Crippen MR) is 51.1 cm³/mol. The maximum atomic E-state index is 5.20. The number of halogens is 1. The van der Waals surface area contributed by atoms with Crippen LogP contribution in [0, 0.1) is 0 Å². The Morgan fingerprint density at radius 1 is 1.36 bits per heavy atom. The Balaban J connectivity index is 0.000001000. The third kappa shape index (κ3) is 2.40. The quantitative estimate of drug-likeness (QED) is 0.586. The maximum absolute atomic E-state index is 5.20. The Morgan fingerprint density at radius 2 is 2.00 bits per heavy atom. The summed E-state index contributed by atoms with van der Waals surface area (Å²) in [5.41, 5.74) is 3.32. The number of hydrogen-bond donors (Lipinski definition) is 2. The van der Waals surface area contributed by atoms with Crippen molar-refractivity contribution in [2.75, 3.05) is 12.5 Å². The summed E-state index contributed by atoms with van der Waals surface area (Å²) in [6.07, 6.45) is 0. The van der Waals surface area contributed by atoms with Crippen LogP contribution in [0.15, 0.2) is 24.3 Å². The van der Waals surface area contributed by atoms with Crippen molar-refractivity contribution in [1.29, 1.82) is 0 Å². The molecule has 0 aromatic heterocycles. The van der Waals surface area contributed by atoms with E-state index in [-0.39, 0.29) is 17.0 Å². The molecule has 0 unspecified atom stereocenters. The Bertz CT molecular complexity index is 194. The average Bonchev–Trinajstić information content (AvgIpc) is 2.04. The topological polar surface area (TPSA) is 47.3 Å². The van der Waals surface area contributed by atoms with E-state index in [9.17, 15) is 0 Å². The van der Waals surface area contributed by atoms with Gasteiger partial charge < -0.3 is 10.2 Å². The van der Waals surface area contributed by atoms with Crippen molar-refractivity contribution in [2.24, 2.45) is 5.84 Å². The fourth-order valence-electron chi connectivity index (χ4n) is 0.764. The zero-order valence-electron chi connectivity index (χ0n) is 6.20. The summed E-state index contributed by atoms with van der Waals surface area (Å²) in [6.45, 7) is 0. The number of anilines is 1. The van der Waals surface area contributed by atoms with Crippen molar-refractivity contribution in [3.63, 3.8) is 0 Å². The van der Waals surface area contributed by atoms with Gasteiger partial charge in [-0.25, -0.2) is 0 Å². The smallest absolute Gasteiger partial charge is 0.143 e. The van der Waals surface area contributed by atoms with Crippen molar-refractivity contribution in [1.82, 2.24) is 0 Å². The van der Waals surface area contributed by atoms with E-state index in [1.807, 2.05) is 24.3 Å². The zero-order chi connectivity index (χ0) is 7.40. The van der Waals surface area contributed by atoms with E-state index in [0.717, 1.165) is 11.4 Å². The number of nitrogens with one attached hydrogen (secondary N) is 1. The minimum atomic E-state index is 0. The number of nitrogen functional groups attached to an aromatic ring is 1. The molecule has 0 amide bonds. The molecule has 0 aliphatic rings. The van der Waals surface area contributed by atoms with E-state index < -0.39 is 0 Å². The number of methoxy groups -OCH3 is 1. The lowest BCUT2D eigenvalue weighted by Crippen LogP contribution is -2.07. The van der Waals surface area contributed by atoms with Crippen LogP contribution >= 0.6 is 17.0 Å². The number of ether oxygens (including phenoxy) is 1. The third-order valence-electron chi connectivity index (χ3n) is 1.26. The fourth-order valence-corrected chi connectivity index (χ4v) is 0.764. The molecule has 62 valence electrons. The highest BCUT2D eigenvalue weighted by Crippen LogP contribution is 2.21. The van der Waals surface area contributed by atoms with Crippen LogP contribution in [0.1, 0.15) is 0 Å². The lowest BCUT2D eigenvalue weighted by atomic mass is 10.3. The molecular formula is C7H11BrN2O. The molecule has 1 aromatic carbocycles. The van der Waals surface area contributed by atoms with Gasteiger partial charge in [-0.05, 0) is 12.1 Å². The Kier molecular flexibility index (Phi) is 4.65. The number of nitrogens with two attached hydrogens (primary N) is 1. The standard InChI is InChI=1S/C7H10N2O.BrH/c1-10-7-5-3-2-4-6(7)9-8;/h2-5,9H,8H2,1H3;1H. The lowest BCUT2D eigenvalue weighted by molar-refractivity contribution is 0.416. The van der Waals surface area contributed by atoms with Gasteiger partial charge in [0.15, 0.2) is 0 Å². The summed E-state index contributed by atoms with van der Waals surface area (Å²) in [4.78, 5) is 0. The molecule has 3 N–H and O–H groups in total. The monoisotopic (exact) mass is 218 g/mol. The second-order valence-corrected chi connectivity index (χ2v) is 1.84. The molecular weight excluding hydrogens is 208 g/mol. The number of benzene rings is 1. The summed E-state index contributed by atoms with van der Waals surface area (Å²) >= 11 is 0. The molecule has 4 heteroatoms. The van der Waals surface area contributed by atoms with E-state index in [0.29, 0.717) is 0 Å². The second kappa shape index (κ2) is 4.98. The lowest BCUT2D eigenvalue weighted by Gasteiger charge is -2.05. The molecule has 11 heavy (non-hydrogen) atoms. The highest BCUT2D eigenvalue weighted by molar-refractivity contribution is 8.93. The molecule has 0 aliphatic carbocycles. The highest BCUT2D eigenvalue weighted by Gasteiger charge is 1.95. The van der Waals surface area contributed by atoms with E-state index in [1.165, 1.54) is 0 Å². The van der Waals surface area contributed by atoms with Crippen molar-refractivity contribution in [3.8, 4) is 5.75 Å².